The summed E-state index contributed by atoms with van der Waals surface area (Å²) in [6.07, 6.45) is 1.42. The second-order valence-electron chi connectivity index (χ2n) is 4.25. The minimum absolute atomic E-state index is 0.0593. The smallest absolute Gasteiger partial charge is 0.221 e. The monoisotopic (exact) mass is 312 g/mol. The minimum Gasteiger partial charge on any atom is -0.493 e. The molecule has 0 radical (unpaired) electrons. The lowest BCUT2D eigenvalue weighted by Crippen LogP contribution is -2.30. The van der Waals surface area contributed by atoms with Crippen molar-refractivity contribution in [2.24, 2.45) is 0 Å². The van der Waals surface area contributed by atoms with Gasteiger partial charge in [0.1, 0.15) is 5.75 Å². The number of rotatable bonds is 4. The molecule has 5 heteroatoms. The fourth-order valence-electron chi connectivity index (χ4n) is 2.06. The zero-order chi connectivity index (χ0) is 13.0. The largest absolute Gasteiger partial charge is 0.493 e. The van der Waals surface area contributed by atoms with Gasteiger partial charge in [-0.1, -0.05) is 15.9 Å². The van der Waals surface area contributed by atoms with E-state index in [4.69, 9.17) is 4.74 Å². The molecule has 0 fully saturated rings. The predicted molar refractivity (Wildman–Crippen MR) is 73.7 cm³/mol. The normalized spacial score (nSPS) is 17.8. The standard InChI is InChI=1S/C13H17BrN2O2/c1-15-13(17)4-6-16-11-5-7-18-12-3-2-9(14)8-10(11)12/h2-3,8,11,16H,4-7H2,1H3,(H,15,17). The number of benzene rings is 1. The van der Waals surface area contributed by atoms with E-state index in [9.17, 15) is 4.79 Å². The summed E-state index contributed by atoms with van der Waals surface area (Å²) in [5, 5.41) is 6.03. The Morgan fingerprint density at radius 1 is 1.56 bits per heavy atom. The first-order valence-corrected chi connectivity index (χ1v) is 6.86. The maximum atomic E-state index is 11.2. The van der Waals surface area contributed by atoms with Crippen molar-refractivity contribution in [3.05, 3.63) is 28.2 Å². The Bertz CT molecular complexity index is 437. The summed E-state index contributed by atoms with van der Waals surface area (Å²) < 4.78 is 6.66. The van der Waals surface area contributed by atoms with Crippen LogP contribution in [-0.4, -0.2) is 26.1 Å². The number of carbonyl (C=O) groups excluding carboxylic acids is 1. The van der Waals surface area contributed by atoms with E-state index in [1.54, 1.807) is 7.05 Å². The number of fused-ring (bicyclic) bond motifs is 1. The molecule has 18 heavy (non-hydrogen) atoms. The van der Waals surface area contributed by atoms with Crippen molar-refractivity contribution in [3.8, 4) is 5.75 Å². The van der Waals surface area contributed by atoms with Gasteiger partial charge in [0.2, 0.25) is 5.91 Å². The van der Waals surface area contributed by atoms with Gasteiger partial charge in [0.25, 0.3) is 0 Å². The van der Waals surface area contributed by atoms with E-state index in [1.165, 1.54) is 0 Å². The Morgan fingerprint density at radius 2 is 2.39 bits per heavy atom. The van der Waals surface area contributed by atoms with Crippen LogP contribution in [0.1, 0.15) is 24.4 Å². The van der Waals surface area contributed by atoms with Gasteiger partial charge in [0.05, 0.1) is 6.61 Å². The first-order valence-electron chi connectivity index (χ1n) is 6.07. The molecule has 1 aromatic carbocycles. The SMILES string of the molecule is CNC(=O)CCNC1CCOc2ccc(Br)cc21. The lowest BCUT2D eigenvalue weighted by Gasteiger charge is -2.27. The maximum absolute atomic E-state index is 11.2. The van der Waals surface area contributed by atoms with Crippen LogP contribution in [0, 0.1) is 0 Å². The number of hydrogen-bond acceptors (Lipinski definition) is 3. The van der Waals surface area contributed by atoms with Crippen molar-refractivity contribution in [1.82, 2.24) is 10.6 Å². The van der Waals surface area contributed by atoms with Gasteiger partial charge in [0.15, 0.2) is 0 Å². The quantitative estimate of drug-likeness (QED) is 0.894. The van der Waals surface area contributed by atoms with E-state index in [2.05, 4.69) is 32.6 Å². The van der Waals surface area contributed by atoms with Crippen LogP contribution < -0.4 is 15.4 Å². The van der Waals surface area contributed by atoms with Crippen molar-refractivity contribution >= 4 is 21.8 Å². The number of amides is 1. The summed E-state index contributed by atoms with van der Waals surface area (Å²) in [4.78, 5) is 11.2. The van der Waals surface area contributed by atoms with Crippen LogP contribution >= 0.6 is 15.9 Å². The van der Waals surface area contributed by atoms with Gasteiger partial charge in [0, 0.05) is 42.5 Å². The summed E-state index contributed by atoms with van der Waals surface area (Å²) in [7, 11) is 1.66. The van der Waals surface area contributed by atoms with Crippen LogP contribution in [0.3, 0.4) is 0 Å². The lowest BCUT2D eigenvalue weighted by molar-refractivity contribution is -0.120. The maximum Gasteiger partial charge on any atom is 0.221 e. The molecule has 1 unspecified atom stereocenters. The topological polar surface area (TPSA) is 50.4 Å². The van der Waals surface area contributed by atoms with E-state index in [1.807, 2.05) is 12.1 Å². The van der Waals surface area contributed by atoms with Gasteiger partial charge in [-0.2, -0.15) is 0 Å². The molecule has 98 valence electrons. The van der Waals surface area contributed by atoms with Gasteiger partial charge >= 0.3 is 0 Å². The molecule has 4 nitrogen and oxygen atoms in total. The second kappa shape index (κ2) is 6.20. The summed E-state index contributed by atoms with van der Waals surface area (Å²) in [6.45, 7) is 1.39. The Labute approximate surface area is 115 Å². The molecule has 1 atom stereocenters. The van der Waals surface area contributed by atoms with Crippen LogP contribution in [0.5, 0.6) is 5.75 Å². The average Bonchev–Trinajstić information content (AvgIpc) is 2.39. The molecule has 1 heterocycles. The van der Waals surface area contributed by atoms with E-state index in [0.29, 0.717) is 19.6 Å². The Balaban J connectivity index is 1.99. The van der Waals surface area contributed by atoms with Crippen molar-refractivity contribution in [2.45, 2.75) is 18.9 Å². The number of ether oxygens (including phenoxy) is 1. The summed E-state index contributed by atoms with van der Waals surface area (Å²) in [6, 6.07) is 6.29. The Hall–Kier alpha value is -1.07. The van der Waals surface area contributed by atoms with E-state index in [-0.39, 0.29) is 11.9 Å². The van der Waals surface area contributed by atoms with Gasteiger partial charge in [-0.3, -0.25) is 4.79 Å². The van der Waals surface area contributed by atoms with Crippen LogP contribution in [0.25, 0.3) is 0 Å². The first kappa shape index (κ1) is 13.4. The zero-order valence-corrected chi connectivity index (χ0v) is 11.9. The third-order valence-corrected chi connectivity index (χ3v) is 3.53. The van der Waals surface area contributed by atoms with Crippen LogP contribution in [-0.2, 0) is 4.79 Å². The summed E-state index contributed by atoms with van der Waals surface area (Å²) in [5.74, 6) is 0.992. The second-order valence-corrected chi connectivity index (χ2v) is 5.16. The number of halogens is 1. The fraction of sp³-hybridized carbons (Fsp3) is 0.462. The zero-order valence-electron chi connectivity index (χ0n) is 10.3. The average molecular weight is 313 g/mol. The van der Waals surface area contributed by atoms with Gasteiger partial charge in [-0.15, -0.1) is 0 Å². The predicted octanol–water partition coefficient (Wildman–Crippen LogP) is 2.00. The van der Waals surface area contributed by atoms with Gasteiger partial charge < -0.3 is 15.4 Å². The lowest BCUT2D eigenvalue weighted by atomic mass is 10.0. The number of nitrogens with one attached hydrogen (secondary N) is 2. The third kappa shape index (κ3) is 3.23. The van der Waals surface area contributed by atoms with Crippen molar-refractivity contribution in [3.63, 3.8) is 0 Å². The van der Waals surface area contributed by atoms with Crippen molar-refractivity contribution < 1.29 is 9.53 Å². The van der Waals surface area contributed by atoms with Crippen molar-refractivity contribution in [1.29, 1.82) is 0 Å². The molecule has 2 N–H and O–H groups in total. The molecule has 0 saturated carbocycles. The molecular weight excluding hydrogens is 296 g/mol. The highest BCUT2D eigenvalue weighted by atomic mass is 79.9. The minimum atomic E-state index is 0.0593. The molecular formula is C13H17BrN2O2. The molecule has 2 rings (SSSR count). The highest BCUT2D eigenvalue weighted by molar-refractivity contribution is 9.10. The molecule has 0 aromatic heterocycles. The summed E-state index contributed by atoms with van der Waals surface area (Å²) in [5.41, 5.74) is 1.16. The Kier molecular flexibility index (Phi) is 4.60. The number of carbonyl (C=O) groups is 1. The fourth-order valence-corrected chi connectivity index (χ4v) is 2.44. The third-order valence-electron chi connectivity index (χ3n) is 3.03. The number of hydrogen-bond donors (Lipinski definition) is 2. The highest BCUT2D eigenvalue weighted by Gasteiger charge is 2.21. The molecule has 0 bridgehead atoms. The van der Waals surface area contributed by atoms with Gasteiger partial charge in [-0.25, -0.2) is 0 Å². The van der Waals surface area contributed by atoms with E-state index < -0.39 is 0 Å². The molecule has 1 amide bonds. The molecule has 0 spiro atoms. The van der Waals surface area contributed by atoms with Crippen molar-refractivity contribution in [2.75, 3.05) is 20.2 Å². The molecule has 1 aliphatic rings. The van der Waals surface area contributed by atoms with Crippen LogP contribution in [0.4, 0.5) is 0 Å². The first-order chi connectivity index (χ1) is 8.70. The highest BCUT2D eigenvalue weighted by Crippen LogP contribution is 2.33. The van der Waals surface area contributed by atoms with Gasteiger partial charge in [-0.05, 0) is 18.2 Å². The van der Waals surface area contributed by atoms with Crippen LogP contribution in [0.15, 0.2) is 22.7 Å². The van der Waals surface area contributed by atoms with Crippen LogP contribution in [0.2, 0.25) is 0 Å². The molecule has 0 saturated heterocycles. The van der Waals surface area contributed by atoms with E-state index in [0.717, 1.165) is 22.2 Å². The van der Waals surface area contributed by atoms with E-state index >= 15 is 0 Å². The Morgan fingerprint density at radius 3 is 3.17 bits per heavy atom. The summed E-state index contributed by atoms with van der Waals surface area (Å²) >= 11 is 3.47. The molecule has 1 aliphatic heterocycles. The molecule has 1 aromatic rings. The molecule has 0 aliphatic carbocycles.